The van der Waals surface area contributed by atoms with E-state index in [-0.39, 0.29) is 41.3 Å². The summed E-state index contributed by atoms with van der Waals surface area (Å²) in [5.74, 6) is -0.869. The van der Waals surface area contributed by atoms with Gasteiger partial charge in [0.1, 0.15) is 21.3 Å². The van der Waals surface area contributed by atoms with E-state index in [4.69, 9.17) is 21.1 Å². The van der Waals surface area contributed by atoms with Crippen LogP contribution in [0.5, 0.6) is 17.2 Å². The third-order valence-corrected chi connectivity index (χ3v) is 13.7. The van der Waals surface area contributed by atoms with Gasteiger partial charge >= 0.3 is 5.69 Å². The molecule has 5 aromatic rings. The molecule has 2 aliphatic rings. The number of rotatable bonds is 15. The van der Waals surface area contributed by atoms with Crippen molar-refractivity contribution in [2.45, 2.75) is 44.4 Å². The molecule has 17 heteroatoms. The number of nitrogens with one attached hydrogen (secondary N) is 2. The maximum Gasteiger partial charge on any atom is 0.312 e. The Morgan fingerprint density at radius 1 is 0.934 bits per heavy atom. The number of aromatic amines is 1. The van der Waals surface area contributed by atoms with Gasteiger partial charge in [0.25, 0.3) is 15.9 Å². The first-order valence-corrected chi connectivity index (χ1v) is 23.9. The molecule has 0 spiro atoms. The highest BCUT2D eigenvalue weighted by molar-refractivity contribution is 7.90. The van der Waals surface area contributed by atoms with Crippen LogP contribution >= 0.6 is 11.6 Å². The normalized spacial score (nSPS) is 16.1. The lowest BCUT2D eigenvalue weighted by atomic mass is 9.72. The maximum atomic E-state index is 13.9. The summed E-state index contributed by atoms with van der Waals surface area (Å²) in [4.78, 5) is 32.3. The summed E-state index contributed by atoms with van der Waals surface area (Å²) in [6, 6.07) is 23.4. The fourth-order valence-corrected chi connectivity index (χ4v) is 9.56. The Kier molecular flexibility index (Phi) is 12.8. The van der Waals surface area contributed by atoms with Crippen molar-refractivity contribution >= 4 is 65.2 Å². The van der Waals surface area contributed by atoms with E-state index in [0.29, 0.717) is 18.8 Å². The van der Waals surface area contributed by atoms with E-state index in [1.807, 2.05) is 24.3 Å². The van der Waals surface area contributed by atoms with Crippen molar-refractivity contribution in [2.75, 3.05) is 56.2 Å². The number of halogens is 1. The lowest BCUT2D eigenvalue weighted by Crippen LogP contribution is -2.47. The number of nitrogens with zero attached hydrogens (tertiary/aromatic N) is 3. The fraction of sp³-hybridized carbons (Fsp3) is 0.341. The van der Waals surface area contributed by atoms with E-state index < -0.39 is 41.3 Å². The van der Waals surface area contributed by atoms with Crippen LogP contribution in [-0.2, 0) is 19.9 Å². The number of benzene rings is 4. The summed E-state index contributed by atoms with van der Waals surface area (Å²) < 4.78 is 64.0. The Bertz CT molecular complexity index is 2710. The number of H-pyrrole nitrogens is 1. The van der Waals surface area contributed by atoms with Gasteiger partial charge in [-0.3, -0.25) is 19.8 Å². The number of carbonyl (C=O) groups is 1. The second-order valence-corrected chi connectivity index (χ2v) is 20.7. The van der Waals surface area contributed by atoms with Crippen LogP contribution in [0.4, 0.5) is 11.4 Å². The van der Waals surface area contributed by atoms with Crippen LogP contribution in [0, 0.1) is 15.5 Å². The average Bonchev–Trinajstić information content (AvgIpc) is 3.70. The first-order valence-electron chi connectivity index (χ1n) is 19.9. The molecule has 4 aromatic carbocycles. The zero-order valence-electron chi connectivity index (χ0n) is 34.1. The maximum absolute atomic E-state index is 13.9. The van der Waals surface area contributed by atoms with Crippen molar-refractivity contribution in [1.82, 2.24) is 14.6 Å². The average molecular weight is 890 g/mol. The second kappa shape index (κ2) is 17.9. The highest BCUT2D eigenvalue weighted by Crippen LogP contribution is 2.43. The minimum Gasteiger partial charge on any atom is -0.487 e. The lowest BCUT2D eigenvalue weighted by Gasteiger charge is -2.39. The number of piperazine rings is 1. The highest BCUT2D eigenvalue weighted by Gasteiger charge is 2.30. The second-order valence-electron chi connectivity index (χ2n) is 16.3. The number of sulfonamides is 1. The zero-order valence-corrected chi connectivity index (χ0v) is 36.5. The molecule has 7 rings (SSSR count). The molecule has 61 heavy (non-hydrogen) atoms. The zero-order chi connectivity index (χ0) is 43.5. The van der Waals surface area contributed by atoms with Gasteiger partial charge < -0.3 is 19.4 Å². The smallest absolute Gasteiger partial charge is 0.312 e. The van der Waals surface area contributed by atoms with E-state index in [1.54, 1.807) is 30.5 Å². The quantitative estimate of drug-likeness (QED) is 0.0587. The molecule has 1 aliphatic carbocycles. The van der Waals surface area contributed by atoms with Crippen LogP contribution in [-0.4, -0.2) is 88.9 Å². The molecular weight excluding hydrogens is 842 g/mol. The Morgan fingerprint density at radius 3 is 2.41 bits per heavy atom. The Labute approximate surface area is 360 Å². The van der Waals surface area contributed by atoms with Gasteiger partial charge in [-0.15, -0.1) is 0 Å². The molecule has 0 unspecified atom stereocenters. The standard InChI is InChI=1S/C44H48ClN5O9S2/c1-44(2)18-16-31(37(28-44)30-8-10-32(45)11-9-30)29-48-20-22-49(23-21-48)33-12-14-36(42(26-33)59-40-7-4-6-38-35(40)17-19-46-38)43(51)47-61(56,57)34-13-15-41(39(27-34)50(52)53)58-24-5-25-60(3,54)55/h4,6-15,17,19,26-27,46H,5,16,18,20-25,28-29H2,1-3H3,(H,47,51). The van der Waals surface area contributed by atoms with Gasteiger partial charge in [0.05, 0.1) is 27.7 Å². The molecule has 1 amide bonds. The van der Waals surface area contributed by atoms with Crippen LogP contribution in [0.25, 0.3) is 16.5 Å². The first kappa shape index (κ1) is 43.7. The Balaban J connectivity index is 1.10. The number of nitro groups is 1. The molecular formula is C44H48ClN5O9S2. The van der Waals surface area contributed by atoms with Crippen LogP contribution < -0.4 is 19.1 Å². The van der Waals surface area contributed by atoms with E-state index in [0.717, 1.165) is 85.0 Å². The van der Waals surface area contributed by atoms with Crippen molar-refractivity contribution < 1.29 is 36.0 Å². The van der Waals surface area contributed by atoms with Crippen molar-refractivity contribution in [3.05, 3.63) is 123 Å². The van der Waals surface area contributed by atoms with Gasteiger partial charge in [-0.25, -0.2) is 21.6 Å². The van der Waals surface area contributed by atoms with Crippen molar-refractivity contribution in [1.29, 1.82) is 0 Å². The summed E-state index contributed by atoms with van der Waals surface area (Å²) in [5, 5.41) is 13.4. The van der Waals surface area contributed by atoms with Crippen molar-refractivity contribution in [3.63, 3.8) is 0 Å². The van der Waals surface area contributed by atoms with Crippen molar-refractivity contribution in [2.24, 2.45) is 5.41 Å². The van der Waals surface area contributed by atoms with E-state index in [9.17, 15) is 31.7 Å². The molecule has 14 nitrogen and oxygen atoms in total. The van der Waals surface area contributed by atoms with Crippen LogP contribution in [0.2, 0.25) is 5.02 Å². The molecule has 322 valence electrons. The van der Waals surface area contributed by atoms with Crippen molar-refractivity contribution in [3.8, 4) is 17.2 Å². The number of anilines is 1. The third-order valence-electron chi connectivity index (χ3n) is 11.1. The molecule has 1 fully saturated rings. The minimum atomic E-state index is -4.64. The summed E-state index contributed by atoms with van der Waals surface area (Å²) in [6.07, 6.45) is 6.06. The number of hydrogen-bond donors (Lipinski definition) is 2. The summed E-state index contributed by atoms with van der Waals surface area (Å²) in [5.41, 5.74) is 5.14. The summed E-state index contributed by atoms with van der Waals surface area (Å²) in [6.45, 7) is 8.38. The third kappa shape index (κ3) is 10.7. The first-order chi connectivity index (χ1) is 28.9. The Morgan fingerprint density at radius 2 is 1.69 bits per heavy atom. The van der Waals surface area contributed by atoms with E-state index in [2.05, 4.69) is 45.5 Å². The van der Waals surface area contributed by atoms with Gasteiger partial charge in [0.2, 0.25) is 0 Å². The van der Waals surface area contributed by atoms with Crippen LogP contribution in [0.3, 0.4) is 0 Å². The predicted molar refractivity (Wildman–Crippen MR) is 237 cm³/mol. The number of amides is 1. The molecule has 2 N–H and O–H groups in total. The molecule has 2 heterocycles. The van der Waals surface area contributed by atoms with Gasteiger partial charge in [-0.05, 0) is 96.8 Å². The lowest BCUT2D eigenvalue weighted by molar-refractivity contribution is -0.386. The number of hydrogen-bond acceptors (Lipinski definition) is 11. The molecule has 0 saturated carbocycles. The molecule has 0 radical (unpaired) electrons. The van der Waals surface area contributed by atoms with E-state index >= 15 is 0 Å². The number of ether oxygens (including phenoxy) is 2. The largest absolute Gasteiger partial charge is 0.487 e. The number of fused-ring (bicyclic) bond motifs is 1. The predicted octanol–water partition coefficient (Wildman–Crippen LogP) is 8.24. The number of carbonyl (C=O) groups excluding carboxylic acids is 1. The monoisotopic (exact) mass is 889 g/mol. The van der Waals surface area contributed by atoms with Gasteiger partial charge in [0, 0.05) is 78.9 Å². The number of sulfone groups is 1. The number of nitro benzene ring substituents is 1. The fourth-order valence-electron chi connectivity index (χ4n) is 7.81. The van der Waals surface area contributed by atoms with Crippen LogP contribution in [0.1, 0.15) is 55.5 Å². The Hall–Kier alpha value is -5.42. The number of aromatic nitrogens is 1. The van der Waals surface area contributed by atoms with E-state index in [1.165, 1.54) is 22.8 Å². The summed E-state index contributed by atoms with van der Waals surface area (Å²) >= 11 is 6.23. The van der Waals surface area contributed by atoms with Gasteiger partial charge in [0.15, 0.2) is 5.75 Å². The van der Waals surface area contributed by atoms with Crippen LogP contribution in [0.15, 0.2) is 102 Å². The SMILES string of the molecule is CC1(C)CCC(CN2CCN(c3ccc(C(=O)NS(=O)(=O)c4ccc(OCCCS(C)(=O)=O)c([N+](=O)[O-])c4)c(Oc4cccc5[nH]ccc45)c3)CC2)=C(c2ccc(Cl)cc2)C1. The summed E-state index contributed by atoms with van der Waals surface area (Å²) in [7, 11) is -7.92. The van der Waals surface area contributed by atoms with Gasteiger partial charge in [-0.2, -0.15) is 0 Å². The molecule has 1 aliphatic heterocycles. The molecule has 0 bridgehead atoms. The molecule has 1 saturated heterocycles. The topological polar surface area (TPSA) is 181 Å². The minimum absolute atomic E-state index is 0.0688. The molecule has 1 aromatic heterocycles. The van der Waals surface area contributed by atoms with Gasteiger partial charge in [-0.1, -0.05) is 49.2 Å². The molecule has 0 atom stereocenters. The highest BCUT2D eigenvalue weighted by atomic mass is 35.5. The number of allylic oxidation sites excluding steroid dienone is 1.